The van der Waals surface area contributed by atoms with Crippen LogP contribution in [-0.4, -0.2) is 21.8 Å². The zero-order valence-electron chi connectivity index (χ0n) is 14.3. The summed E-state index contributed by atoms with van der Waals surface area (Å²) >= 11 is 0. The maximum absolute atomic E-state index is 12.2. The molecule has 8 nitrogen and oxygen atoms in total. The third-order valence-corrected chi connectivity index (χ3v) is 3.71. The number of rotatable bonds is 6. The highest BCUT2D eigenvalue weighted by atomic mass is 16.6. The van der Waals surface area contributed by atoms with Crippen molar-refractivity contribution >= 4 is 23.5 Å². The fourth-order valence-corrected chi connectivity index (χ4v) is 2.29. The van der Waals surface area contributed by atoms with Gasteiger partial charge in [-0.15, -0.1) is 0 Å². The molecule has 0 unspecified atom stereocenters. The highest BCUT2D eigenvalue weighted by Gasteiger charge is 2.12. The van der Waals surface area contributed by atoms with E-state index >= 15 is 0 Å². The fourth-order valence-electron chi connectivity index (χ4n) is 2.29. The van der Waals surface area contributed by atoms with E-state index in [9.17, 15) is 24.8 Å². The molecule has 0 amide bonds. The molecule has 1 aromatic heterocycles. The van der Waals surface area contributed by atoms with Gasteiger partial charge in [0.2, 0.25) is 5.76 Å². The second-order valence-electron chi connectivity index (χ2n) is 5.59. The lowest BCUT2D eigenvalue weighted by Gasteiger charge is -2.03. The van der Waals surface area contributed by atoms with Crippen molar-refractivity contribution in [2.45, 2.75) is 0 Å². The van der Waals surface area contributed by atoms with Crippen molar-refractivity contribution in [1.82, 2.24) is 0 Å². The molecule has 0 saturated carbocycles. The van der Waals surface area contributed by atoms with Crippen LogP contribution in [0.15, 0.2) is 71.4 Å². The van der Waals surface area contributed by atoms with E-state index in [1.54, 1.807) is 6.07 Å². The molecular weight excluding hydrogens is 366 g/mol. The summed E-state index contributed by atoms with van der Waals surface area (Å²) in [6, 6.07) is 12.4. The van der Waals surface area contributed by atoms with Crippen molar-refractivity contribution in [3.05, 3.63) is 93.9 Å². The number of nitro benzene ring substituents is 1. The van der Waals surface area contributed by atoms with Gasteiger partial charge < -0.3 is 14.3 Å². The zero-order valence-corrected chi connectivity index (χ0v) is 14.3. The van der Waals surface area contributed by atoms with Gasteiger partial charge >= 0.3 is 5.97 Å². The fraction of sp³-hybridized carbons (Fsp3) is 0. The molecule has 3 rings (SSSR count). The van der Waals surface area contributed by atoms with Crippen molar-refractivity contribution in [3.8, 4) is 11.5 Å². The number of esters is 1. The van der Waals surface area contributed by atoms with Crippen LogP contribution in [0.1, 0.15) is 26.5 Å². The summed E-state index contributed by atoms with van der Waals surface area (Å²) in [5, 5.41) is 20.6. The molecule has 2 aromatic carbocycles. The molecule has 0 bridgehead atoms. The van der Waals surface area contributed by atoms with Gasteiger partial charge in [0.15, 0.2) is 5.78 Å². The molecule has 0 atom stereocenters. The van der Waals surface area contributed by atoms with Gasteiger partial charge in [0, 0.05) is 23.3 Å². The standard InChI is InChI=1S/C20H13NO7/c22-17(9-5-14-12-15(21(25)26)6-10-18(14)23)13-3-7-16(8-4-13)28-20(24)19-2-1-11-27-19/h1-12,23H. The maximum atomic E-state index is 12.2. The van der Waals surface area contributed by atoms with E-state index in [-0.39, 0.29) is 28.5 Å². The largest absolute Gasteiger partial charge is 0.507 e. The number of phenolic OH excluding ortho intramolecular Hbond substituents is 1. The maximum Gasteiger partial charge on any atom is 0.379 e. The van der Waals surface area contributed by atoms with E-state index in [0.29, 0.717) is 5.56 Å². The number of carbonyl (C=O) groups is 2. The van der Waals surface area contributed by atoms with Gasteiger partial charge in [-0.05, 0) is 54.6 Å². The number of nitro groups is 1. The van der Waals surface area contributed by atoms with Gasteiger partial charge in [0.25, 0.3) is 5.69 Å². The summed E-state index contributed by atoms with van der Waals surface area (Å²) in [7, 11) is 0. The van der Waals surface area contributed by atoms with Crippen molar-refractivity contribution in [1.29, 1.82) is 0 Å². The predicted octanol–water partition coefficient (Wildman–Crippen LogP) is 4.01. The SMILES string of the molecule is O=C(C=Cc1cc([N+](=O)[O-])ccc1O)c1ccc(OC(=O)c2ccco2)cc1. The Kier molecular flexibility index (Phi) is 5.31. The number of nitrogens with zero attached hydrogens (tertiary/aromatic N) is 1. The van der Waals surface area contributed by atoms with Crippen molar-refractivity contribution in [3.63, 3.8) is 0 Å². The first kappa shape index (κ1) is 18.6. The van der Waals surface area contributed by atoms with E-state index in [1.165, 1.54) is 54.8 Å². The Morgan fingerprint density at radius 3 is 2.50 bits per heavy atom. The van der Waals surface area contributed by atoms with Gasteiger partial charge in [-0.3, -0.25) is 14.9 Å². The first-order chi connectivity index (χ1) is 13.4. The molecule has 140 valence electrons. The second-order valence-corrected chi connectivity index (χ2v) is 5.59. The lowest BCUT2D eigenvalue weighted by atomic mass is 10.1. The Balaban J connectivity index is 1.69. The Hall–Kier alpha value is -4.20. The normalized spacial score (nSPS) is 10.7. The van der Waals surface area contributed by atoms with Crippen molar-refractivity contribution in [2.24, 2.45) is 0 Å². The van der Waals surface area contributed by atoms with Crippen LogP contribution in [0.25, 0.3) is 6.08 Å². The Bertz CT molecular complexity index is 1050. The average molecular weight is 379 g/mol. The highest BCUT2D eigenvalue weighted by molar-refractivity contribution is 6.07. The van der Waals surface area contributed by atoms with E-state index < -0.39 is 16.7 Å². The number of allylic oxidation sites excluding steroid dienone is 1. The van der Waals surface area contributed by atoms with Gasteiger partial charge in [-0.25, -0.2) is 4.79 Å². The number of hydrogen-bond acceptors (Lipinski definition) is 7. The molecule has 28 heavy (non-hydrogen) atoms. The molecular formula is C20H13NO7. The second kappa shape index (κ2) is 8.00. The van der Waals surface area contributed by atoms with Crippen LogP contribution in [0.5, 0.6) is 11.5 Å². The lowest BCUT2D eigenvalue weighted by Crippen LogP contribution is -2.07. The summed E-state index contributed by atoms with van der Waals surface area (Å²) in [6.45, 7) is 0. The molecule has 0 spiro atoms. The minimum absolute atomic E-state index is 0.0554. The van der Waals surface area contributed by atoms with Gasteiger partial charge in [0.05, 0.1) is 11.2 Å². The summed E-state index contributed by atoms with van der Waals surface area (Å²) in [4.78, 5) is 34.2. The number of carbonyl (C=O) groups excluding carboxylic acids is 2. The minimum Gasteiger partial charge on any atom is -0.507 e. The van der Waals surface area contributed by atoms with Crippen molar-refractivity contribution in [2.75, 3.05) is 0 Å². The molecule has 0 fully saturated rings. The number of benzene rings is 2. The number of phenols is 1. The first-order valence-electron chi connectivity index (χ1n) is 7.99. The van der Waals surface area contributed by atoms with Crippen LogP contribution in [0.3, 0.4) is 0 Å². The Morgan fingerprint density at radius 2 is 1.86 bits per heavy atom. The molecule has 0 saturated heterocycles. The molecule has 0 aliphatic rings. The third kappa shape index (κ3) is 4.31. The first-order valence-corrected chi connectivity index (χ1v) is 7.99. The molecule has 3 aromatic rings. The monoisotopic (exact) mass is 379 g/mol. The van der Waals surface area contributed by atoms with E-state index in [4.69, 9.17) is 9.15 Å². The third-order valence-electron chi connectivity index (χ3n) is 3.71. The summed E-state index contributed by atoms with van der Waals surface area (Å²) in [6.07, 6.45) is 3.82. The van der Waals surface area contributed by atoms with Crippen LogP contribution < -0.4 is 4.74 Å². The molecule has 0 radical (unpaired) electrons. The Labute approximate surface area is 158 Å². The summed E-state index contributed by atoms with van der Waals surface area (Å²) in [5.41, 5.74) is 0.248. The van der Waals surface area contributed by atoms with Crippen LogP contribution in [0, 0.1) is 10.1 Å². The molecule has 8 heteroatoms. The highest BCUT2D eigenvalue weighted by Crippen LogP contribution is 2.24. The average Bonchev–Trinajstić information content (AvgIpc) is 3.22. The number of non-ortho nitro benzene ring substituents is 1. The number of ketones is 1. The molecule has 1 N–H and O–H groups in total. The zero-order chi connectivity index (χ0) is 20.1. The van der Waals surface area contributed by atoms with Crippen LogP contribution >= 0.6 is 0 Å². The number of hydrogen-bond donors (Lipinski definition) is 1. The van der Waals surface area contributed by atoms with Crippen LogP contribution in [0.2, 0.25) is 0 Å². The van der Waals surface area contributed by atoms with Gasteiger partial charge in [-0.1, -0.05) is 0 Å². The molecule has 0 aliphatic carbocycles. The predicted molar refractivity (Wildman–Crippen MR) is 98.2 cm³/mol. The number of aromatic hydroxyl groups is 1. The summed E-state index contributed by atoms with van der Waals surface area (Å²) < 4.78 is 10.1. The van der Waals surface area contributed by atoms with Crippen LogP contribution in [-0.2, 0) is 0 Å². The summed E-state index contributed by atoms with van der Waals surface area (Å²) in [5.74, 6) is -0.951. The van der Waals surface area contributed by atoms with E-state index in [2.05, 4.69) is 0 Å². The molecule has 1 heterocycles. The van der Waals surface area contributed by atoms with Gasteiger partial charge in [-0.2, -0.15) is 0 Å². The number of furan rings is 1. The van der Waals surface area contributed by atoms with Crippen LogP contribution in [0.4, 0.5) is 5.69 Å². The van der Waals surface area contributed by atoms with E-state index in [1.807, 2.05) is 0 Å². The van der Waals surface area contributed by atoms with Crippen molar-refractivity contribution < 1.29 is 28.8 Å². The van der Waals surface area contributed by atoms with E-state index in [0.717, 1.165) is 12.1 Å². The smallest absolute Gasteiger partial charge is 0.379 e. The Morgan fingerprint density at radius 1 is 1.11 bits per heavy atom. The quantitative estimate of drug-likeness (QED) is 0.172. The molecule has 0 aliphatic heterocycles. The van der Waals surface area contributed by atoms with Gasteiger partial charge in [0.1, 0.15) is 11.5 Å². The lowest BCUT2D eigenvalue weighted by molar-refractivity contribution is -0.384. The number of ether oxygens (including phenoxy) is 1. The topological polar surface area (TPSA) is 120 Å². The minimum atomic E-state index is -0.662.